The molecule has 1 aliphatic rings. The predicted octanol–water partition coefficient (Wildman–Crippen LogP) is 3.69. The summed E-state index contributed by atoms with van der Waals surface area (Å²) in [5.41, 5.74) is 3.28. The molecule has 3 aromatic rings. The van der Waals surface area contributed by atoms with Crippen molar-refractivity contribution in [2.45, 2.75) is 56.3 Å². The van der Waals surface area contributed by atoms with Gasteiger partial charge in [-0.3, -0.25) is 4.90 Å². The van der Waals surface area contributed by atoms with E-state index in [1.807, 2.05) is 6.92 Å². The first-order valence-electron chi connectivity index (χ1n) is 10.8. The lowest BCUT2D eigenvalue weighted by atomic mass is 10.0. The van der Waals surface area contributed by atoms with E-state index in [0.29, 0.717) is 5.82 Å². The SMILES string of the molecule is Cc1ccc([C@H](c2nnnn2CS(=O)(=O)c2ccc(C)cc2)N2CCCCCC2)cc1. The number of nitrogens with zero attached hydrogens (tertiary/aromatic N) is 5. The average molecular weight is 440 g/mol. The zero-order chi connectivity index (χ0) is 21.8. The van der Waals surface area contributed by atoms with E-state index in [0.717, 1.165) is 37.1 Å². The molecule has 2 heterocycles. The van der Waals surface area contributed by atoms with Gasteiger partial charge >= 0.3 is 0 Å². The number of tetrazole rings is 1. The van der Waals surface area contributed by atoms with Crippen LogP contribution < -0.4 is 0 Å². The Labute approximate surface area is 184 Å². The molecule has 1 atom stereocenters. The van der Waals surface area contributed by atoms with E-state index in [1.165, 1.54) is 23.1 Å². The van der Waals surface area contributed by atoms with E-state index in [1.54, 1.807) is 24.3 Å². The summed E-state index contributed by atoms with van der Waals surface area (Å²) in [5, 5.41) is 12.3. The summed E-state index contributed by atoms with van der Waals surface area (Å²) in [6, 6.07) is 15.1. The fourth-order valence-electron chi connectivity index (χ4n) is 4.11. The van der Waals surface area contributed by atoms with E-state index in [4.69, 9.17) is 0 Å². The molecule has 31 heavy (non-hydrogen) atoms. The van der Waals surface area contributed by atoms with Gasteiger partial charge in [-0.2, -0.15) is 0 Å². The van der Waals surface area contributed by atoms with E-state index >= 15 is 0 Å². The van der Waals surface area contributed by atoms with Gasteiger partial charge in [0.1, 0.15) is 0 Å². The minimum atomic E-state index is -3.58. The molecule has 0 unspecified atom stereocenters. The fraction of sp³-hybridized carbons (Fsp3) is 0.435. The highest BCUT2D eigenvalue weighted by Crippen LogP contribution is 2.30. The smallest absolute Gasteiger partial charge is 0.198 e. The summed E-state index contributed by atoms with van der Waals surface area (Å²) in [7, 11) is -3.58. The summed E-state index contributed by atoms with van der Waals surface area (Å²) in [4.78, 5) is 2.67. The molecule has 2 aromatic carbocycles. The van der Waals surface area contributed by atoms with Crippen LogP contribution in [0.15, 0.2) is 53.4 Å². The number of rotatable bonds is 6. The Morgan fingerprint density at radius 2 is 1.45 bits per heavy atom. The Bertz CT molecular complexity index is 1100. The van der Waals surface area contributed by atoms with Crippen LogP contribution in [-0.4, -0.2) is 46.6 Å². The fourth-order valence-corrected chi connectivity index (χ4v) is 5.31. The van der Waals surface area contributed by atoms with Crippen LogP contribution in [-0.2, 0) is 15.7 Å². The Kier molecular flexibility index (Phi) is 6.48. The second-order valence-electron chi connectivity index (χ2n) is 8.36. The summed E-state index contributed by atoms with van der Waals surface area (Å²) < 4.78 is 27.6. The standard InChI is InChI=1S/C23H29N5O2S/c1-18-7-11-20(12-8-18)22(27-15-5-3-4-6-16-27)23-24-25-26-28(23)17-31(29,30)21-13-9-19(2)10-14-21/h7-14,22H,3-6,15-17H2,1-2H3/t22-/m1/s1. The summed E-state index contributed by atoms with van der Waals surface area (Å²) in [6.07, 6.45) is 4.66. The van der Waals surface area contributed by atoms with Gasteiger partial charge in [-0.1, -0.05) is 60.4 Å². The van der Waals surface area contributed by atoms with E-state index in [2.05, 4.69) is 51.6 Å². The highest BCUT2D eigenvalue weighted by atomic mass is 32.2. The predicted molar refractivity (Wildman–Crippen MR) is 119 cm³/mol. The molecule has 0 saturated carbocycles. The number of likely N-dealkylation sites (tertiary alicyclic amines) is 1. The van der Waals surface area contributed by atoms with Gasteiger partial charge < -0.3 is 0 Å². The number of aromatic nitrogens is 4. The second-order valence-corrected chi connectivity index (χ2v) is 10.3. The van der Waals surface area contributed by atoms with Crippen LogP contribution in [0.3, 0.4) is 0 Å². The molecular formula is C23H29N5O2S. The van der Waals surface area contributed by atoms with Crippen LogP contribution in [0.2, 0.25) is 0 Å². The number of hydrogen-bond acceptors (Lipinski definition) is 6. The molecule has 0 bridgehead atoms. The van der Waals surface area contributed by atoms with Gasteiger partial charge in [-0.05, 0) is 67.9 Å². The molecule has 0 N–H and O–H groups in total. The molecule has 4 rings (SSSR count). The molecule has 1 aliphatic heterocycles. The molecule has 8 heteroatoms. The maximum Gasteiger partial charge on any atom is 0.198 e. The highest BCUT2D eigenvalue weighted by Gasteiger charge is 2.30. The van der Waals surface area contributed by atoms with Crippen molar-refractivity contribution in [3.63, 3.8) is 0 Å². The third-order valence-corrected chi connectivity index (χ3v) is 7.45. The first-order valence-corrected chi connectivity index (χ1v) is 12.5. The lowest BCUT2D eigenvalue weighted by molar-refractivity contribution is 0.222. The number of hydrogen-bond donors (Lipinski definition) is 0. The number of benzene rings is 2. The minimum absolute atomic E-state index is 0.179. The van der Waals surface area contributed by atoms with Crippen molar-refractivity contribution >= 4 is 9.84 Å². The molecule has 164 valence electrons. The molecule has 1 fully saturated rings. The Hall–Kier alpha value is -2.58. The minimum Gasteiger partial charge on any atom is -0.290 e. The van der Waals surface area contributed by atoms with E-state index in [-0.39, 0.29) is 16.8 Å². The van der Waals surface area contributed by atoms with Gasteiger partial charge in [0.25, 0.3) is 0 Å². The van der Waals surface area contributed by atoms with Crippen molar-refractivity contribution < 1.29 is 8.42 Å². The number of sulfone groups is 1. The van der Waals surface area contributed by atoms with Gasteiger partial charge in [0.15, 0.2) is 21.5 Å². The van der Waals surface area contributed by atoms with Crippen molar-refractivity contribution in [2.75, 3.05) is 13.1 Å². The zero-order valence-electron chi connectivity index (χ0n) is 18.1. The largest absolute Gasteiger partial charge is 0.290 e. The van der Waals surface area contributed by atoms with E-state index in [9.17, 15) is 8.42 Å². The molecule has 0 amide bonds. The maximum absolute atomic E-state index is 13.1. The first kappa shape index (κ1) is 21.6. The zero-order valence-corrected chi connectivity index (χ0v) is 18.9. The average Bonchev–Trinajstić information content (AvgIpc) is 3.01. The normalized spacial score (nSPS) is 16.7. The van der Waals surface area contributed by atoms with Crippen molar-refractivity contribution in [1.29, 1.82) is 0 Å². The molecule has 0 radical (unpaired) electrons. The van der Waals surface area contributed by atoms with Gasteiger partial charge in [0.05, 0.1) is 10.9 Å². The van der Waals surface area contributed by atoms with Crippen LogP contribution in [0.25, 0.3) is 0 Å². The van der Waals surface area contributed by atoms with Crippen LogP contribution in [0, 0.1) is 13.8 Å². The van der Waals surface area contributed by atoms with Crippen LogP contribution in [0.1, 0.15) is 54.2 Å². The van der Waals surface area contributed by atoms with Crippen LogP contribution in [0.5, 0.6) is 0 Å². The highest BCUT2D eigenvalue weighted by molar-refractivity contribution is 7.90. The number of aryl methyl sites for hydroxylation is 2. The monoisotopic (exact) mass is 439 g/mol. The Morgan fingerprint density at radius 1 is 0.871 bits per heavy atom. The third-order valence-electron chi connectivity index (χ3n) is 5.88. The molecule has 1 aromatic heterocycles. The maximum atomic E-state index is 13.1. The summed E-state index contributed by atoms with van der Waals surface area (Å²) in [5.74, 6) is 0.288. The molecule has 7 nitrogen and oxygen atoms in total. The van der Waals surface area contributed by atoms with Crippen molar-refractivity contribution in [3.05, 3.63) is 71.0 Å². The summed E-state index contributed by atoms with van der Waals surface area (Å²) >= 11 is 0. The van der Waals surface area contributed by atoms with Crippen molar-refractivity contribution in [1.82, 2.24) is 25.1 Å². The molecule has 0 aliphatic carbocycles. The second kappa shape index (κ2) is 9.28. The van der Waals surface area contributed by atoms with Gasteiger partial charge in [0, 0.05) is 0 Å². The van der Waals surface area contributed by atoms with Crippen LogP contribution in [0.4, 0.5) is 0 Å². The lowest BCUT2D eigenvalue weighted by Gasteiger charge is -2.30. The van der Waals surface area contributed by atoms with Crippen molar-refractivity contribution in [2.24, 2.45) is 0 Å². The molecule has 0 spiro atoms. The van der Waals surface area contributed by atoms with Crippen molar-refractivity contribution in [3.8, 4) is 0 Å². The topological polar surface area (TPSA) is 81.0 Å². The molecular weight excluding hydrogens is 410 g/mol. The van der Waals surface area contributed by atoms with Gasteiger partial charge in [-0.15, -0.1) is 5.10 Å². The van der Waals surface area contributed by atoms with Gasteiger partial charge in [-0.25, -0.2) is 13.1 Å². The van der Waals surface area contributed by atoms with Crippen LogP contribution >= 0.6 is 0 Å². The first-order chi connectivity index (χ1) is 14.9. The Balaban J connectivity index is 1.70. The third kappa shape index (κ3) is 5.02. The molecule has 1 saturated heterocycles. The lowest BCUT2D eigenvalue weighted by Crippen LogP contribution is -2.33. The Morgan fingerprint density at radius 3 is 2.06 bits per heavy atom. The van der Waals surface area contributed by atoms with E-state index < -0.39 is 9.84 Å². The quantitative estimate of drug-likeness (QED) is 0.583. The van der Waals surface area contributed by atoms with Gasteiger partial charge in [0.2, 0.25) is 0 Å². The summed E-state index contributed by atoms with van der Waals surface area (Å²) in [6.45, 7) is 5.87.